The lowest BCUT2D eigenvalue weighted by Gasteiger charge is -2.04. The Balaban J connectivity index is -0.000000136. The molecule has 0 bridgehead atoms. The lowest BCUT2D eigenvalue weighted by Crippen LogP contribution is -2.24. The number of terminal acetylenes is 3. The van der Waals surface area contributed by atoms with Crippen molar-refractivity contribution in [3.8, 4) is 37.0 Å². The van der Waals surface area contributed by atoms with Gasteiger partial charge >= 0.3 is 5.97 Å². The fourth-order valence-electron chi connectivity index (χ4n) is 2.84. The quantitative estimate of drug-likeness (QED) is 0.0144. The molecule has 1 atom stereocenters. The fourth-order valence-corrected chi connectivity index (χ4v) is 2.84. The molecular formula is C40H72N2O7. The Morgan fingerprint density at radius 3 is 1.73 bits per heavy atom. The number of ether oxygens (including phenoxy) is 1. The molecule has 0 aromatic rings. The van der Waals surface area contributed by atoms with Crippen molar-refractivity contribution in [1.82, 2.24) is 5.32 Å². The summed E-state index contributed by atoms with van der Waals surface area (Å²) >= 11 is 0. The predicted octanol–water partition coefficient (Wildman–Crippen LogP) is 7.79. The molecule has 0 rings (SSSR count). The summed E-state index contributed by atoms with van der Waals surface area (Å²) in [5, 5.41) is 18.1. The molecule has 0 aliphatic carbocycles. The van der Waals surface area contributed by atoms with E-state index in [2.05, 4.69) is 49.6 Å². The molecule has 0 heterocycles. The third-order valence-electron chi connectivity index (χ3n) is 5.15. The molecule has 9 nitrogen and oxygen atoms in total. The van der Waals surface area contributed by atoms with Gasteiger partial charge in [-0.25, -0.2) is 9.78 Å². The number of carboxylic acid groups (broad SMARTS) is 1. The van der Waals surface area contributed by atoms with Gasteiger partial charge in [0.25, 0.3) is 0 Å². The number of hydrogen-bond donors (Lipinski definition) is 4. The van der Waals surface area contributed by atoms with Crippen LogP contribution >= 0.6 is 0 Å². The van der Waals surface area contributed by atoms with Crippen molar-refractivity contribution in [3.05, 3.63) is 36.6 Å². The van der Waals surface area contributed by atoms with Crippen molar-refractivity contribution < 1.29 is 34.3 Å². The van der Waals surface area contributed by atoms with Crippen molar-refractivity contribution in [2.45, 2.75) is 130 Å². The molecule has 49 heavy (non-hydrogen) atoms. The second kappa shape index (κ2) is 63.3. The Morgan fingerprint density at radius 1 is 0.857 bits per heavy atom. The van der Waals surface area contributed by atoms with E-state index >= 15 is 0 Å². The number of nitrogens with one attached hydrogen (secondary N) is 1. The van der Waals surface area contributed by atoms with E-state index in [0.717, 1.165) is 90.0 Å². The van der Waals surface area contributed by atoms with Gasteiger partial charge in [-0.15, -0.1) is 37.0 Å². The molecule has 5 N–H and O–H groups in total. The first-order valence-electron chi connectivity index (χ1n) is 17.5. The van der Waals surface area contributed by atoms with Crippen LogP contribution in [0.25, 0.3) is 0 Å². The number of carbonyl (C=O) groups is 2. The number of aldehydes is 1. The largest absolute Gasteiger partial charge is 0.494 e. The molecule has 0 spiro atoms. The number of aliphatic hydroxyl groups is 1. The number of carbonyl (C=O) groups excluding carboxylic acids is 1. The molecular weight excluding hydrogens is 620 g/mol. The summed E-state index contributed by atoms with van der Waals surface area (Å²) in [5.41, 5.74) is 4.92. The molecule has 0 fully saturated rings. The molecule has 284 valence electrons. The average Bonchev–Trinajstić information content (AvgIpc) is 3.11. The van der Waals surface area contributed by atoms with Crippen LogP contribution in [0, 0.1) is 37.0 Å². The van der Waals surface area contributed by atoms with Gasteiger partial charge in [-0.05, 0) is 90.0 Å². The highest BCUT2D eigenvalue weighted by molar-refractivity contribution is 5.73. The Labute approximate surface area is 301 Å². The Bertz CT molecular complexity index is 837. The summed E-state index contributed by atoms with van der Waals surface area (Å²) in [5.74, 6) is 7.61. The van der Waals surface area contributed by atoms with Gasteiger partial charge in [0.15, 0.2) is 0 Å². The predicted molar refractivity (Wildman–Crippen MR) is 207 cm³/mol. The van der Waals surface area contributed by atoms with E-state index in [9.17, 15) is 9.59 Å². The van der Waals surface area contributed by atoms with Gasteiger partial charge in [-0.2, -0.15) is 0 Å². The summed E-state index contributed by atoms with van der Waals surface area (Å²) in [4.78, 5) is 29.4. The standard InChI is InChI=1S/C18H24O.C12H23NO2.C4H7NO3.C3H8.C2H6.CH4O/c1-4-7-9-11-12-13-14-16-18(6-3)19-17-15-10-8-5-2;1-3-4-5-8-11-14-15-12-9-6-7-10-13-2;5-3(2-6)1-4(7)8;1-3-2;2*1-2/h1-2,6,13-14,16H,3,7-12,15,17H2;1,13H,4-12H2,2H3;2-3H,1,5H2,(H,7,8);3H2,1-2H3;1-2H3;2H,1H3/b14-13-,18-16+;;;;;/t;;3-;;;/m..0.../s1. The van der Waals surface area contributed by atoms with Gasteiger partial charge in [-0.1, -0.05) is 52.8 Å². The van der Waals surface area contributed by atoms with Gasteiger partial charge in [0.1, 0.15) is 12.0 Å². The van der Waals surface area contributed by atoms with Crippen LogP contribution in [0.1, 0.15) is 124 Å². The molecule has 0 aromatic heterocycles. The van der Waals surface area contributed by atoms with Crippen molar-refractivity contribution in [2.24, 2.45) is 5.73 Å². The Kier molecular flexibility index (Phi) is 74.8. The molecule has 0 saturated carbocycles. The van der Waals surface area contributed by atoms with Crippen LogP contribution in [0.3, 0.4) is 0 Å². The molecule has 0 saturated heterocycles. The number of carboxylic acids is 1. The van der Waals surface area contributed by atoms with Crippen LogP contribution in [0.5, 0.6) is 0 Å². The van der Waals surface area contributed by atoms with E-state index in [-0.39, 0.29) is 6.42 Å². The molecule has 9 heteroatoms. The van der Waals surface area contributed by atoms with E-state index in [4.69, 9.17) is 49.7 Å². The molecule has 0 amide bonds. The first-order valence-corrected chi connectivity index (χ1v) is 17.5. The highest BCUT2D eigenvalue weighted by atomic mass is 17.2. The monoisotopic (exact) mass is 693 g/mol. The zero-order chi connectivity index (χ0) is 38.7. The van der Waals surface area contributed by atoms with Crippen LogP contribution in [0.4, 0.5) is 0 Å². The lowest BCUT2D eigenvalue weighted by molar-refractivity contribution is -0.295. The van der Waals surface area contributed by atoms with Crippen molar-refractivity contribution in [1.29, 1.82) is 0 Å². The summed E-state index contributed by atoms with van der Waals surface area (Å²) in [6, 6.07) is -0.854. The SMILES string of the molecule is C#CCCCC/C=C\C=C(/C=C)OCCCCC#C.C#CCCCCOOCCCCCNC.CC.CCC.CO.N[C@H](C=O)CC(=O)O. The minimum Gasteiger partial charge on any atom is -0.494 e. The second-order valence-electron chi connectivity index (χ2n) is 9.74. The number of rotatable bonds is 25. The van der Waals surface area contributed by atoms with Crippen molar-refractivity contribution in [2.75, 3.05) is 40.5 Å². The fraction of sp³-hybridized carbons (Fsp3) is 0.650. The van der Waals surface area contributed by atoms with Crippen LogP contribution in [0.2, 0.25) is 0 Å². The zero-order valence-electron chi connectivity index (χ0n) is 31.9. The number of nitrogens with two attached hydrogens (primary N) is 1. The number of hydrogen-bond acceptors (Lipinski definition) is 8. The lowest BCUT2D eigenvalue weighted by atomic mass is 10.2. The minimum atomic E-state index is -1.05. The average molecular weight is 693 g/mol. The molecule has 0 aliphatic heterocycles. The Morgan fingerprint density at radius 2 is 1.33 bits per heavy atom. The number of unbranched alkanes of at least 4 members (excludes halogenated alkanes) is 9. The first-order chi connectivity index (χ1) is 23.8. The van der Waals surface area contributed by atoms with Gasteiger partial charge in [0.05, 0.1) is 32.3 Å². The van der Waals surface area contributed by atoms with E-state index < -0.39 is 12.0 Å². The first kappa shape index (κ1) is 57.9. The molecule has 0 aromatic carbocycles. The van der Waals surface area contributed by atoms with Crippen LogP contribution in [-0.4, -0.2) is 69.0 Å². The van der Waals surface area contributed by atoms with Crippen molar-refractivity contribution >= 4 is 12.3 Å². The number of aliphatic carboxylic acids is 1. The van der Waals surface area contributed by atoms with Crippen LogP contribution in [0.15, 0.2) is 36.6 Å². The van der Waals surface area contributed by atoms with Gasteiger partial charge < -0.3 is 30.8 Å². The van der Waals surface area contributed by atoms with E-state index in [1.165, 1.54) is 19.3 Å². The normalized spacial score (nSPS) is 10.0. The van der Waals surface area contributed by atoms with E-state index in [1.54, 1.807) is 6.08 Å². The number of aliphatic hydroxyl groups excluding tert-OH is 1. The highest BCUT2D eigenvalue weighted by Gasteiger charge is 2.04. The van der Waals surface area contributed by atoms with E-state index in [0.29, 0.717) is 26.1 Å². The zero-order valence-corrected chi connectivity index (χ0v) is 31.9. The van der Waals surface area contributed by atoms with Crippen LogP contribution < -0.4 is 11.1 Å². The van der Waals surface area contributed by atoms with E-state index in [1.807, 2.05) is 33.0 Å². The minimum absolute atomic E-state index is 0.288. The van der Waals surface area contributed by atoms with Gasteiger partial charge in [0, 0.05) is 26.4 Å². The third-order valence-corrected chi connectivity index (χ3v) is 5.15. The molecule has 0 unspecified atom stereocenters. The summed E-state index contributed by atoms with van der Waals surface area (Å²) in [6.45, 7) is 15.1. The van der Waals surface area contributed by atoms with Crippen molar-refractivity contribution in [3.63, 3.8) is 0 Å². The van der Waals surface area contributed by atoms with Gasteiger partial charge in [0.2, 0.25) is 0 Å². The highest BCUT2D eigenvalue weighted by Crippen LogP contribution is 2.04. The second-order valence-corrected chi connectivity index (χ2v) is 9.74. The molecule has 0 radical (unpaired) electrons. The van der Waals surface area contributed by atoms with Crippen LogP contribution in [-0.2, 0) is 24.1 Å². The maximum Gasteiger partial charge on any atom is 0.305 e. The topological polar surface area (TPSA) is 140 Å². The maximum absolute atomic E-state index is 9.73. The molecule has 0 aliphatic rings. The number of allylic oxidation sites excluding steroid dienone is 4. The summed E-state index contributed by atoms with van der Waals surface area (Å²) in [7, 11) is 2.97. The smallest absolute Gasteiger partial charge is 0.305 e. The maximum atomic E-state index is 9.73. The Hall–Kier alpha value is -3.36. The third kappa shape index (κ3) is 76.2. The van der Waals surface area contributed by atoms with Gasteiger partial charge in [-0.3, -0.25) is 4.79 Å². The summed E-state index contributed by atoms with van der Waals surface area (Å²) in [6.07, 6.45) is 37.8. The summed E-state index contributed by atoms with van der Waals surface area (Å²) < 4.78 is 5.58.